The van der Waals surface area contributed by atoms with Gasteiger partial charge in [0.05, 0.1) is 29.2 Å². The van der Waals surface area contributed by atoms with Crippen molar-refractivity contribution in [3.8, 4) is 17.1 Å². The number of fused-ring (bicyclic) bond motifs is 1. The molecule has 0 bridgehead atoms. The van der Waals surface area contributed by atoms with Gasteiger partial charge < -0.3 is 4.74 Å². The minimum absolute atomic E-state index is 0.297. The van der Waals surface area contributed by atoms with Gasteiger partial charge in [-0.05, 0) is 61.6 Å². The zero-order valence-corrected chi connectivity index (χ0v) is 22.3. The molecule has 0 atom stereocenters. The van der Waals surface area contributed by atoms with Crippen molar-refractivity contribution in [2.45, 2.75) is 17.8 Å². The third-order valence-corrected chi connectivity index (χ3v) is 8.44. The Bertz CT molecular complexity index is 1670. The normalized spacial score (nSPS) is 11.3. The summed E-state index contributed by atoms with van der Waals surface area (Å²) < 4.78 is 23.1. The van der Waals surface area contributed by atoms with Crippen molar-refractivity contribution in [1.29, 1.82) is 0 Å². The summed E-state index contributed by atoms with van der Waals surface area (Å²) in [4.78, 5) is 23.1. The van der Waals surface area contributed by atoms with E-state index in [-0.39, 0.29) is 5.56 Å². The van der Waals surface area contributed by atoms with E-state index in [9.17, 15) is 9.18 Å². The molecule has 0 aliphatic rings. The maximum atomic E-state index is 13.8. The molecule has 0 amide bonds. The van der Waals surface area contributed by atoms with Crippen LogP contribution in [0.2, 0.25) is 5.02 Å². The molecule has 0 saturated carbocycles. The first kappa shape index (κ1) is 24.1. The Balaban J connectivity index is 1.76. The van der Waals surface area contributed by atoms with E-state index in [4.69, 9.17) is 33.5 Å². The fraction of sp³-hybridized carbons (Fsp3) is 0.130. The summed E-state index contributed by atoms with van der Waals surface area (Å²) in [5, 5.41) is 3.86. The van der Waals surface area contributed by atoms with Crippen molar-refractivity contribution in [3.05, 3.63) is 83.7 Å². The van der Waals surface area contributed by atoms with Crippen molar-refractivity contribution in [3.63, 3.8) is 0 Å². The number of benzene rings is 2. The number of thioether (sulfide) groups is 1. The highest BCUT2D eigenvalue weighted by atomic mass is 35.5. The summed E-state index contributed by atoms with van der Waals surface area (Å²) in [6.45, 7) is 1.94. The average Bonchev–Trinajstić information content (AvgIpc) is 3.40. The van der Waals surface area contributed by atoms with Crippen molar-refractivity contribution in [2.24, 2.45) is 0 Å². The first-order valence-electron chi connectivity index (χ1n) is 10.2. The van der Waals surface area contributed by atoms with Gasteiger partial charge in [0, 0.05) is 16.2 Å². The van der Waals surface area contributed by atoms with E-state index < -0.39 is 5.82 Å². The Morgan fingerprint density at radius 1 is 1.17 bits per heavy atom. The van der Waals surface area contributed by atoms with Gasteiger partial charge in [-0.15, -0.1) is 11.3 Å². The molecule has 2 aromatic carbocycles. The summed E-state index contributed by atoms with van der Waals surface area (Å²) >= 11 is 16.0. The molecule has 35 heavy (non-hydrogen) atoms. The lowest BCUT2D eigenvalue weighted by Gasteiger charge is -2.14. The fourth-order valence-electron chi connectivity index (χ4n) is 3.51. The zero-order chi connectivity index (χ0) is 24.7. The Kier molecular flexibility index (Phi) is 6.78. The zero-order valence-electron chi connectivity index (χ0n) is 18.3. The summed E-state index contributed by atoms with van der Waals surface area (Å²) in [5.41, 5.74) is 2.09. The molecule has 5 rings (SSSR count). The second-order valence-electron chi connectivity index (χ2n) is 7.33. The summed E-state index contributed by atoms with van der Waals surface area (Å²) in [7, 11) is 1.55. The minimum atomic E-state index is -0.391. The van der Waals surface area contributed by atoms with Crippen LogP contribution >= 0.6 is 58.3 Å². The van der Waals surface area contributed by atoms with E-state index in [0.29, 0.717) is 47.4 Å². The van der Waals surface area contributed by atoms with E-state index >= 15 is 0 Å². The average molecular weight is 563 g/mol. The van der Waals surface area contributed by atoms with Gasteiger partial charge in [-0.1, -0.05) is 34.7 Å². The van der Waals surface area contributed by atoms with Crippen LogP contribution in [0.4, 0.5) is 4.39 Å². The van der Waals surface area contributed by atoms with Crippen molar-refractivity contribution in [2.75, 3.05) is 7.11 Å². The van der Waals surface area contributed by atoms with Crippen molar-refractivity contribution >= 4 is 68.6 Å². The molecule has 0 spiro atoms. The molecule has 0 fully saturated rings. The van der Waals surface area contributed by atoms with Gasteiger partial charge in [-0.3, -0.25) is 13.9 Å². The number of hydrogen-bond donors (Lipinski definition) is 0. The van der Waals surface area contributed by atoms with Crippen molar-refractivity contribution in [1.82, 2.24) is 19.1 Å². The molecule has 5 aromatic rings. The molecule has 0 radical (unpaired) electrons. The minimum Gasteiger partial charge on any atom is -0.495 e. The third kappa shape index (κ3) is 4.66. The molecule has 0 saturated heterocycles. The second kappa shape index (κ2) is 9.82. The topological polar surface area (TPSA) is 61.9 Å². The molecule has 0 N–H and O–H groups in total. The molecule has 0 unspecified atom stereocenters. The number of thiazole rings is 2. The first-order valence-corrected chi connectivity index (χ1v) is 13.6. The number of halogens is 2. The largest absolute Gasteiger partial charge is 0.495 e. The van der Waals surface area contributed by atoms with Crippen LogP contribution < -0.4 is 10.3 Å². The summed E-state index contributed by atoms with van der Waals surface area (Å²) in [6.07, 6.45) is 0. The lowest BCUT2D eigenvalue weighted by atomic mass is 10.3. The van der Waals surface area contributed by atoms with Crippen LogP contribution in [0.25, 0.3) is 21.7 Å². The number of ether oxygens (including phenoxy) is 1. The smallest absolute Gasteiger partial charge is 0.278 e. The van der Waals surface area contributed by atoms with Crippen LogP contribution in [0.5, 0.6) is 5.75 Å². The third-order valence-electron chi connectivity index (χ3n) is 5.06. The van der Waals surface area contributed by atoms with Gasteiger partial charge in [0.2, 0.25) is 0 Å². The fourth-order valence-corrected chi connectivity index (χ4v) is 6.58. The van der Waals surface area contributed by atoms with Gasteiger partial charge in [-0.2, -0.15) is 0 Å². The Hall–Kier alpha value is -2.57. The Morgan fingerprint density at radius 3 is 2.63 bits per heavy atom. The molecule has 3 heterocycles. The first-order chi connectivity index (χ1) is 16.9. The van der Waals surface area contributed by atoms with Crippen LogP contribution in [0, 0.1) is 16.7 Å². The quantitative estimate of drug-likeness (QED) is 0.128. The van der Waals surface area contributed by atoms with Crippen LogP contribution in [-0.2, 0) is 5.75 Å². The van der Waals surface area contributed by atoms with Gasteiger partial charge >= 0.3 is 0 Å². The number of aryl methyl sites for hydroxylation is 1. The van der Waals surface area contributed by atoms with E-state index in [1.807, 2.05) is 12.3 Å². The Morgan fingerprint density at radius 2 is 1.94 bits per heavy atom. The highest BCUT2D eigenvalue weighted by Crippen LogP contribution is 2.33. The highest BCUT2D eigenvalue weighted by molar-refractivity contribution is 7.98. The molecule has 3 aromatic heterocycles. The SMILES string of the molecule is COc1ccc(Cl)cc1-n1c(=S)sc2c(=O)n(-c3ccc(F)cc3)c(SCc3csc(C)n3)nc21. The van der Waals surface area contributed by atoms with Gasteiger partial charge in [0.1, 0.15) is 16.3 Å². The van der Waals surface area contributed by atoms with Crippen molar-refractivity contribution < 1.29 is 9.13 Å². The number of rotatable bonds is 6. The molecule has 6 nitrogen and oxygen atoms in total. The molecule has 0 aliphatic carbocycles. The van der Waals surface area contributed by atoms with E-state index in [1.54, 1.807) is 53.3 Å². The predicted octanol–water partition coefficient (Wildman–Crippen LogP) is 6.83. The van der Waals surface area contributed by atoms with Crippen LogP contribution in [-0.4, -0.2) is 26.2 Å². The Labute approximate surface area is 221 Å². The number of nitrogens with zero attached hydrogens (tertiary/aromatic N) is 4. The van der Waals surface area contributed by atoms with Gasteiger partial charge in [0.25, 0.3) is 5.56 Å². The second-order valence-corrected chi connectivity index (χ2v) is 11.4. The lowest BCUT2D eigenvalue weighted by Crippen LogP contribution is -2.21. The molecule has 0 aliphatic heterocycles. The van der Waals surface area contributed by atoms with E-state index in [2.05, 4.69) is 4.98 Å². The number of hydrogen-bond acceptors (Lipinski definition) is 8. The monoisotopic (exact) mass is 562 g/mol. The summed E-state index contributed by atoms with van der Waals surface area (Å²) in [6, 6.07) is 10.9. The van der Waals surface area contributed by atoms with Gasteiger partial charge in [0.15, 0.2) is 14.8 Å². The predicted molar refractivity (Wildman–Crippen MR) is 143 cm³/mol. The van der Waals surface area contributed by atoms with Crippen LogP contribution in [0.3, 0.4) is 0 Å². The maximum Gasteiger partial charge on any atom is 0.278 e. The van der Waals surface area contributed by atoms with E-state index in [0.717, 1.165) is 22.0 Å². The van der Waals surface area contributed by atoms with Crippen LogP contribution in [0.1, 0.15) is 10.7 Å². The standard InChI is InChI=1S/C23H16ClFN4O2S4/c1-12-26-15(10-33-12)11-34-22-27-20-19(21(30)28(22)16-6-4-14(25)5-7-16)35-23(32)29(20)17-9-13(24)3-8-18(17)31-2/h3-10H,11H2,1-2H3. The highest BCUT2D eigenvalue weighted by Gasteiger charge is 2.21. The molecule has 178 valence electrons. The molecular formula is C23H16ClFN4O2S4. The maximum absolute atomic E-state index is 13.8. The summed E-state index contributed by atoms with van der Waals surface area (Å²) in [5.74, 6) is 0.661. The number of methoxy groups -OCH3 is 1. The lowest BCUT2D eigenvalue weighted by molar-refractivity contribution is 0.413. The molecular weight excluding hydrogens is 547 g/mol. The number of aromatic nitrogens is 4. The van der Waals surface area contributed by atoms with Gasteiger partial charge in [-0.25, -0.2) is 14.4 Å². The van der Waals surface area contributed by atoms with E-state index in [1.165, 1.54) is 28.5 Å². The molecule has 12 heteroatoms. The van der Waals surface area contributed by atoms with Crippen LogP contribution in [0.15, 0.2) is 57.8 Å².